The predicted octanol–water partition coefficient (Wildman–Crippen LogP) is 5.02. The third-order valence-corrected chi connectivity index (χ3v) is 10.7. The van der Waals surface area contributed by atoms with Crippen LogP contribution in [0.3, 0.4) is 0 Å². The lowest BCUT2D eigenvalue weighted by Gasteiger charge is -2.37. The fraction of sp³-hybridized carbons (Fsp3) is 0.410. The van der Waals surface area contributed by atoms with Gasteiger partial charge in [0.1, 0.15) is 23.7 Å². The Morgan fingerprint density at radius 2 is 1.59 bits per heavy atom. The molecule has 0 N–H and O–H groups in total. The van der Waals surface area contributed by atoms with Gasteiger partial charge in [-0.1, -0.05) is 43.2 Å². The molecule has 51 heavy (non-hydrogen) atoms. The van der Waals surface area contributed by atoms with Crippen molar-refractivity contribution in [3.05, 3.63) is 113 Å². The number of nitriles is 1. The van der Waals surface area contributed by atoms with Crippen LogP contribution in [0.5, 0.6) is 5.75 Å². The van der Waals surface area contributed by atoms with Gasteiger partial charge in [0.15, 0.2) is 0 Å². The van der Waals surface area contributed by atoms with Crippen molar-refractivity contribution in [3.8, 4) is 17.5 Å². The first-order valence-electron chi connectivity index (χ1n) is 18.0. The van der Waals surface area contributed by atoms with E-state index in [2.05, 4.69) is 55.4 Å². The molecule has 2 saturated heterocycles. The van der Waals surface area contributed by atoms with Gasteiger partial charge in [-0.15, -0.1) is 0 Å². The van der Waals surface area contributed by atoms with E-state index in [1.54, 1.807) is 32.8 Å². The lowest BCUT2D eigenvalue weighted by Crippen LogP contribution is -2.46. The Morgan fingerprint density at radius 1 is 0.863 bits per heavy atom. The van der Waals surface area contributed by atoms with Gasteiger partial charge in [0, 0.05) is 44.3 Å². The maximum Gasteiger partial charge on any atom is 0.350 e. The summed E-state index contributed by atoms with van der Waals surface area (Å²) in [7, 11) is 0. The zero-order valence-corrected chi connectivity index (χ0v) is 28.8. The van der Waals surface area contributed by atoms with Crippen molar-refractivity contribution in [2.24, 2.45) is 11.8 Å². The number of aromatic nitrogens is 6. The molecule has 2 aromatic heterocycles. The van der Waals surface area contributed by atoms with Gasteiger partial charge >= 0.3 is 5.69 Å². The molecule has 5 aromatic rings. The third kappa shape index (κ3) is 6.99. The molecular formula is C39H43N9O3. The van der Waals surface area contributed by atoms with E-state index >= 15 is 0 Å². The first-order chi connectivity index (χ1) is 25.1. The van der Waals surface area contributed by atoms with Crippen molar-refractivity contribution in [2.75, 3.05) is 49.2 Å². The van der Waals surface area contributed by atoms with Gasteiger partial charge in [0.05, 0.1) is 49.1 Å². The summed E-state index contributed by atoms with van der Waals surface area (Å²) in [5.41, 5.74) is 3.96. The SMILES string of the molecule is N#Cc1cc(OC[C@H]2CO[C@](Cn3nccn3)(c3ccccc3)C2)ccc1N1CCN(c2ccc(-n3cnn(CC4CCCC4)c3=O)cc2)CC1. The largest absolute Gasteiger partial charge is 0.493 e. The van der Waals surface area contributed by atoms with Gasteiger partial charge in [0.25, 0.3) is 0 Å². The van der Waals surface area contributed by atoms with Crippen LogP contribution in [0, 0.1) is 23.2 Å². The number of benzene rings is 3. The molecule has 2 aliphatic heterocycles. The lowest BCUT2D eigenvalue weighted by molar-refractivity contribution is -0.0209. The molecule has 0 amide bonds. The molecule has 4 heterocycles. The molecule has 0 unspecified atom stereocenters. The Labute approximate surface area is 297 Å². The zero-order chi connectivity index (χ0) is 34.6. The monoisotopic (exact) mass is 685 g/mol. The van der Waals surface area contributed by atoms with Crippen LogP contribution >= 0.6 is 0 Å². The highest BCUT2D eigenvalue weighted by atomic mass is 16.5. The Balaban J connectivity index is 0.864. The highest BCUT2D eigenvalue weighted by Gasteiger charge is 2.43. The van der Waals surface area contributed by atoms with Gasteiger partial charge < -0.3 is 19.3 Å². The molecule has 0 bridgehead atoms. The molecule has 1 saturated carbocycles. The Kier molecular flexibility index (Phi) is 9.28. The zero-order valence-electron chi connectivity index (χ0n) is 28.8. The van der Waals surface area contributed by atoms with E-state index in [0.29, 0.717) is 43.5 Å². The molecule has 0 radical (unpaired) electrons. The van der Waals surface area contributed by atoms with Crippen molar-refractivity contribution in [2.45, 2.75) is 50.8 Å². The van der Waals surface area contributed by atoms with Crippen LogP contribution < -0.4 is 20.2 Å². The quantitative estimate of drug-likeness (QED) is 0.189. The molecule has 0 spiro atoms. The van der Waals surface area contributed by atoms with Crippen LogP contribution in [-0.2, 0) is 23.4 Å². The molecule has 3 fully saturated rings. The van der Waals surface area contributed by atoms with E-state index in [-0.39, 0.29) is 11.6 Å². The van der Waals surface area contributed by atoms with E-state index in [1.807, 2.05) is 48.5 Å². The molecule has 3 aromatic carbocycles. The number of rotatable bonds is 11. The van der Waals surface area contributed by atoms with Gasteiger partial charge in [-0.2, -0.15) is 25.4 Å². The minimum atomic E-state index is -0.530. The number of piperazine rings is 1. The van der Waals surface area contributed by atoms with Crippen LogP contribution in [0.1, 0.15) is 43.2 Å². The van der Waals surface area contributed by atoms with E-state index in [4.69, 9.17) is 9.47 Å². The summed E-state index contributed by atoms with van der Waals surface area (Å²) in [5.74, 6) is 1.41. The van der Waals surface area contributed by atoms with Gasteiger partial charge in [-0.25, -0.2) is 14.0 Å². The van der Waals surface area contributed by atoms with E-state index in [9.17, 15) is 10.1 Å². The average molecular weight is 686 g/mol. The van der Waals surface area contributed by atoms with E-state index in [1.165, 1.54) is 25.7 Å². The highest BCUT2D eigenvalue weighted by molar-refractivity contribution is 5.63. The number of hydrogen-bond acceptors (Lipinski definition) is 9. The van der Waals surface area contributed by atoms with E-state index in [0.717, 1.165) is 55.2 Å². The summed E-state index contributed by atoms with van der Waals surface area (Å²) in [5, 5.41) is 23.2. The second-order valence-electron chi connectivity index (χ2n) is 14.0. The molecule has 1 aliphatic carbocycles. The normalized spacial score (nSPS) is 20.9. The van der Waals surface area contributed by atoms with Gasteiger partial charge in [-0.05, 0) is 73.2 Å². The lowest BCUT2D eigenvalue weighted by atomic mass is 9.87. The molecule has 2 atom stereocenters. The molecule has 262 valence electrons. The summed E-state index contributed by atoms with van der Waals surface area (Å²) in [4.78, 5) is 19.3. The van der Waals surface area contributed by atoms with E-state index < -0.39 is 5.60 Å². The standard InChI is InChI=1S/C39H43N9O3/c40-24-32-22-36(50-26-31-23-39(51-27-31,28-48-41-16-17-42-48)33-8-2-1-3-9-33)14-15-37(32)45-20-18-44(19-21-45)34-10-12-35(13-11-34)46-29-43-47(38(46)49)25-30-6-4-5-7-30/h1-3,8-17,22,29-31H,4-7,18-21,23,25-28H2/t31-,39+/m0/s1. The maximum atomic E-state index is 13.0. The number of anilines is 2. The fourth-order valence-electron chi connectivity index (χ4n) is 7.96. The Hall–Kier alpha value is -5.41. The molecular weight excluding hydrogens is 642 g/mol. The van der Waals surface area contributed by atoms with Crippen molar-refractivity contribution >= 4 is 11.4 Å². The summed E-state index contributed by atoms with van der Waals surface area (Å²) < 4.78 is 16.0. The molecule has 3 aliphatic rings. The highest BCUT2D eigenvalue weighted by Crippen LogP contribution is 2.41. The van der Waals surface area contributed by atoms with Crippen molar-refractivity contribution in [1.82, 2.24) is 29.3 Å². The number of hydrogen-bond donors (Lipinski definition) is 0. The maximum absolute atomic E-state index is 13.0. The Bertz CT molecular complexity index is 2010. The predicted molar refractivity (Wildman–Crippen MR) is 193 cm³/mol. The molecule has 12 nitrogen and oxygen atoms in total. The van der Waals surface area contributed by atoms with Crippen LogP contribution in [0.15, 0.2) is 96.3 Å². The average Bonchev–Trinajstić information content (AvgIpc) is 4.02. The molecule has 12 heteroatoms. The van der Waals surface area contributed by atoms with Crippen LogP contribution in [0.25, 0.3) is 5.69 Å². The first kappa shape index (κ1) is 32.8. The van der Waals surface area contributed by atoms with Gasteiger partial charge in [-0.3, -0.25) is 0 Å². The summed E-state index contributed by atoms with van der Waals surface area (Å²) >= 11 is 0. The van der Waals surface area contributed by atoms with Crippen LogP contribution in [-0.4, -0.2) is 68.7 Å². The first-order valence-corrected chi connectivity index (χ1v) is 18.0. The second kappa shape index (κ2) is 14.4. The summed E-state index contributed by atoms with van der Waals surface area (Å²) in [6.07, 6.45) is 10.6. The summed E-state index contributed by atoms with van der Waals surface area (Å²) in [6, 6.07) is 26.6. The molecule has 8 rings (SSSR count). The Morgan fingerprint density at radius 3 is 2.33 bits per heavy atom. The van der Waals surface area contributed by atoms with Crippen molar-refractivity contribution < 1.29 is 9.47 Å². The minimum absolute atomic E-state index is 0.0789. The minimum Gasteiger partial charge on any atom is -0.493 e. The van der Waals surface area contributed by atoms with Crippen LogP contribution in [0.4, 0.5) is 11.4 Å². The van der Waals surface area contributed by atoms with Crippen LogP contribution in [0.2, 0.25) is 0 Å². The van der Waals surface area contributed by atoms with Crippen molar-refractivity contribution in [3.63, 3.8) is 0 Å². The smallest absolute Gasteiger partial charge is 0.350 e. The van der Waals surface area contributed by atoms with Gasteiger partial charge in [0.2, 0.25) is 0 Å². The number of nitrogens with zero attached hydrogens (tertiary/aromatic N) is 9. The third-order valence-electron chi connectivity index (χ3n) is 10.7. The second-order valence-corrected chi connectivity index (χ2v) is 14.0. The fourth-order valence-corrected chi connectivity index (χ4v) is 7.96. The van der Waals surface area contributed by atoms with Crippen molar-refractivity contribution in [1.29, 1.82) is 5.26 Å². The number of ether oxygens (including phenoxy) is 2. The topological polar surface area (TPSA) is 119 Å². The summed E-state index contributed by atoms with van der Waals surface area (Å²) in [6.45, 7) is 5.50.